The first-order chi connectivity index (χ1) is 9.51. The average Bonchev–Trinajstić information content (AvgIpc) is 2.43. The van der Waals surface area contributed by atoms with E-state index in [1.54, 1.807) is 7.05 Å². The molecule has 0 aliphatic rings. The predicted octanol–water partition coefficient (Wildman–Crippen LogP) is 3.12. The second-order valence-corrected chi connectivity index (χ2v) is 4.42. The molecule has 0 amide bonds. The highest BCUT2D eigenvalue weighted by Gasteiger charge is 2.14. The monoisotopic (exact) mass is 342 g/mol. The molecule has 1 aromatic carbocycles. The molecule has 2 aromatic rings. The number of anilines is 1. The summed E-state index contributed by atoms with van der Waals surface area (Å²) >= 11 is 3.17. The maximum Gasteiger partial charge on any atom is 0.272 e. The zero-order valence-corrected chi connectivity index (χ0v) is 11.7. The largest absolute Gasteiger partial charge is 0.435 e. The molecule has 2 rings (SSSR count). The third-order valence-corrected chi connectivity index (χ3v) is 2.81. The molecule has 20 heavy (non-hydrogen) atoms. The fourth-order valence-electron chi connectivity index (χ4n) is 1.33. The number of halogens is 2. The Morgan fingerprint density at radius 2 is 2.25 bits per heavy atom. The fourth-order valence-corrected chi connectivity index (χ4v) is 1.61. The quantitative estimate of drug-likeness (QED) is 0.678. The van der Waals surface area contributed by atoms with Crippen molar-refractivity contribution < 1.29 is 14.1 Å². The van der Waals surface area contributed by atoms with Gasteiger partial charge in [-0.05, 0) is 22.0 Å². The number of hydrogen-bond acceptors (Lipinski definition) is 6. The summed E-state index contributed by atoms with van der Waals surface area (Å²) in [6.45, 7) is 0. The molecular weight excluding hydrogens is 335 g/mol. The number of aromatic nitrogens is 2. The molecule has 0 saturated heterocycles. The fraction of sp³-hybridized carbons (Fsp3) is 0.0909. The van der Waals surface area contributed by atoms with Crippen LogP contribution in [-0.4, -0.2) is 21.9 Å². The van der Waals surface area contributed by atoms with Gasteiger partial charge in [0.1, 0.15) is 0 Å². The van der Waals surface area contributed by atoms with E-state index in [1.807, 2.05) is 0 Å². The van der Waals surface area contributed by atoms with E-state index in [2.05, 4.69) is 31.2 Å². The number of benzene rings is 1. The summed E-state index contributed by atoms with van der Waals surface area (Å²) in [5.74, 6) is -0.629. The van der Waals surface area contributed by atoms with Crippen molar-refractivity contribution >= 4 is 27.6 Å². The molecule has 0 bridgehead atoms. The topological polar surface area (TPSA) is 90.2 Å². The first kappa shape index (κ1) is 14.1. The molecule has 0 radical (unpaired) electrons. The molecule has 1 heterocycles. The van der Waals surface area contributed by atoms with E-state index >= 15 is 0 Å². The summed E-state index contributed by atoms with van der Waals surface area (Å²) in [6, 6.07) is 3.09. The normalized spacial score (nSPS) is 10.2. The molecule has 0 aliphatic carbocycles. The lowest BCUT2D eigenvalue weighted by Crippen LogP contribution is -1.99. The maximum absolute atomic E-state index is 13.7. The molecule has 1 aromatic heterocycles. The minimum absolute atomic E-state index is 0.0945. The number of nitro benzene ring substituents is 1. The Kier molecular flexibility index (Phi) is 4.08. The first-order valence-electron chi connectivity index (χ1n) is 5.33. The lowest BCUT2D eigenvalue weighted by Gasteiger charge is -2.08. The lowest BCUT2D eigenvalue weighted by atomic mass is 10.3. The van der Waals surface area contributed by atoms with E-state index in [0.29, 0.717) is 10.4 Å². The Hall–Kier alpha value is -2.29. The highest BCUT2D eigenvalue weighted by molar-refractivity contribution is 9.10. The van der Waals surface area contributed by atoms with Crippen molar-refractivity contribution in [2.45, 2.75) is 0 Å². The molecule has 0 unspecified atom stereocenters. The van der Waals surface area contributed by atoms with E-state index in [-0.39, 0.29) is 17.3 Å². The van der Waals surface area contributed by atoms with E-state index < -0.39 is 10.7 Å². The second-order valence-electron chi connectivity index (χ2n) is 3.57. The molecule has 7 nitrogen and oxygen atoms in total. The van der Waals surface area contributed by atoms with E-state index in [1.165, 1.54) is 12.3 Å². The lowest BCUT2D eigenvalue weighted by molar-refractivity contribution is -0.385. The number of ether oxygens (including phenoxy) is 1. The second kappa shape index (κ2) is 5.78. The van der Waals surface area contributed by atoms with Gasteiger partial charge in [0.25, 0.3) is 5.69 Å². The Morgan fingerprint density at radius 3 is 2.85 bits per heavy atom. The van der Waals surface area contributed by atoms with Crippen molar-refractivity contribution in [1.29, 1.82) is 0 Å². The van der Waals surface area contributed by atoms with Crippen molar-refractivity contribution in [2.75, 3.05) is 12.4 Å². The minimum atomic E-state index is -0.851. The van der Waals surface area contributed by atoms with Crippen LogP contribution in [-0.2, 0) is 0 Å². The van der Waals surface area contributed by atoms with Gasteiger partial charge in [-0.25, -0.2) is 9.37 Å². The van der Waals surface area contributed by atoms with Gasteiger partial charge in [-0.1, -0.05) is 0 Å². The minimum Gasteiger partial charge on any atom is -0.435 e. The van der Waals surface area contributed by atoms with Gasteiger partial charge >= 0.3 is 0 Å². The van der Waals surface area contributed by atoms with Crippen LogP contribution in [0.4, 0.5) is 16.0 Å². The van der Waals surface area contributed by atoms with Gasteiger partial charge in [0.15, 0.2) is 11.6 Å². The average molecular weight is 343 g/mol. The van der Waals surface area contributed by atoms with Gasteiger partial charge in [-0.15, -0.1) is 0 Å². The van der Waals surface area contributed by atoms with Gasteiger partial charge in [0.05, 0.1) is 21.7 Å². The van der Waals surface area contributed by atoms with Crippen molar-refractivity contribution in [1.82, 2.24) is 9.97 Å². The van der Waals surface area contributed by atoms with Crippen LogP contribution in [0.25, 0.3) is 0 Å². The summed E-state index contributed by atoms with van der Waals surface area (Å²) in [7, 11) is 1.62. The Bertz CT molecular complexity index is 668. The van der Waals surface area contributed by atoms with E-state index in [0.717, 1.165) is 12.1 Å². The predicted molar refractivity (Wildman–Crippen MR) is 72.4 cm³/mol. The molecule has 0 saturated carbocycles. The smallest absolute Gasteiger partial charge is 0.272 e. The molecule has 0 aliphatic heterocycles. The summed E-state index contributed by atoms with van der Waals surface area (Å²) in [4.78, 5) is 17.8. The highest BCUT2D eigenvalue weighted by Crippen LogP contribution is 2.30. The number of nitro groups is 1. The van der Waals surface area contributed by atoms with Gasteiger partial charge in [0, 0.05) is 13.1 Å². The third kappa shape index (κ3) is 2.99. The molecule has 0 fully saturated rings. The van der Waals surface area contributed by atoms with Crippen LogP contribution in [0.1, 0.15) is 0 Å². The van der Waals surface area contributed by atoms with Crippen LogP contribution in [0.3, 0.4) is 0 Å². The van der Waals surface area contributed by atoms with Crippen molar-refractivity contribution in [3.05, 3.63) is 44.8 Å². The molecule has 1 N–H and O–H groups in total. The standard InChI is InChI=1S/C11H8BrFN4O3/c1-14-11-15-5-7(12)10(16-11)20-9-3-2-6(17(18)19)4-8(9)13/h2-5H,1H3,(H,14,15,16). The third-order valence-electron chi connectivity index (χ3n) is 2.27. The molecular formula is C11H8BrFN4O3. The Labute approximate surface area is 121 Å². The number of nitrogens with one attached hydrogen (secondary N) is 1. The van der Waals surface area contributed by atoms with Crippen molar-refractivity contribution in [2.24, 2.45) is 0 Å². The first-order valence-corrected chi connectivity index (χ1v) is 6.12. The zero-order chi connectivity index (χ0) is 14.7. The van der Waals surface area contributed by atoms with Crippen LogP contribution >= 0.6 is 15.9 Å². The van der Waals surface area contributed by atoms with Gasteiger partial charge in [0.2, 0.25) is 11.8 Å². The summed E-state index contributed by atoms with van der Waals surface area (Å²) < 4.78 is 19.4. The van der Waals surface area contributed by atoms with Crippen molar-refractivity contribution in [3.63, 3.8) is 0 Å². The summed E-state index contributed by atoms with van der Waals surface area (Å²) in [5.41, 5.74) is -0.354. The molecule has 104 valence electrons. The number of rotatable bonds is 4. The zero-order valence-electron chi connectivity index (χ0n) is 10.1. The van der Waals surface area contributed by atoms with Crippen LogP contribution in [0.15, 0.2) is 28.9 Å². The van der Waals surface area contributed by atoms with Crippen molar-refractivity contribution in [3.8, 4) is 11.6 Å². The van der Waals surface area contributed by atoms with Crippen LogP contribution in [0.2, 0.25) is 0 Å². The summed E-state index contributed by atoms with van der Waals surface area (Å²) in [6.07, 6.45) is 1.44. The van der Waals surface area contributed by atoms with Crippen LogP contribution in [0, 0.1) is 15.9 Å². The van der Waals surface area contributed by atoms with Crippen LogP contribution in [0.5, 0.6) is 11.6 Å². The molecule has 9 heteroatoms. The summed E-state index contributed by atoms with van der Waals surface area (Å²) in [5, 5.41) is 13.2. The number of non-ortho nitro benzene ring substituents is 1. The SMILES string of the molecule is CNc1ncc(Br)c(Oc2ccc([N+](=O)[O-])cc2F)n1. The number of nitrogens with zero attached hydrogens (tertiary/aromatic N) is 3. The van der Waals surface area contributed by atoms with Gasteiger partial charge in [-0.3, -0.25) is 10.1 Å². The molecule has 0 atom stereocenters. The Balaban J connectivity index is 2.32. The van der Waals surface area contributed by atoms with Gasteiger partial charge < -0.3 is 10.1 Å². The number of hydrogen-bond donors (Lipinski definition) is 1. The van der Waals surface area contributed by atoms with E-state index in [4.69, 9.17) is 4.74 Å². The highest BCUT2D eigenvalue weighted by atomic mass is 79.9. The van der Waals surface area contributed by atoms with E-state index in [9.17, 15) is 14.5 Å². The Morgan fingerprint density at radius 1 is 1.50 bits per heavy atom. The molecule has 0 spiro atoms. The van der Waals surface area contributed by atoms with Gasteiger partial charge in [-0.2, -0.15) is 4.98 Å². The van der Waals surface area contributed by atoms with Crippen LogP contribution < -0.4 is 10.1 Å². The maximum atomic E-state index is 13.7.